The number of halogens is 3. The van der Waals surface area contributed by atoms with Crippen molar-refractivity contribution in [3.05, 3.63) is 41.1 Å². The Balaban J connectivity index is 2.23. The monoisotopic (exact) mass is 355 g/mol. The largest absolute Gasteiger partial charge is 0.416 e. The minimum absolute atomic E-state index is 0.0358. The zero-order valence-electron chi connectivity index (χ0n) is 14.3. The molecular formula is C17H20F3N3O2. The van der Waals surface area contributed by atoms with E-state index in [1.54, 1.807) is 6.92 Å². The van der Waals surface area contributed by atoms with E-state index >= 15 is 0 Å². The fraction of sp³-hybridized carbons (Fsp3) is 0.412. The van der Waals surface area contributed by atoms with Crippen molar-refractivity contribution >= 4 is 5.91 Å². The summed E-state index contributed by atoms with van der Waals surface area (Å²) in [5.74, 6) is -0.376. The number of carbonyl (C=O) groups excluding carboxylic acids is 1. The minimum atomic E-state index is -4.47. The van der Waals surface area contributed by atoms with Crippen LogP contribution in [0.5, 0.6) is 0 Å². The molecule has 25 heavy (non-hydrogen) atoms. The first-order valence-electron chi connectivity index (χ1n) is 7.77. The van der Waals surface area contributed by atoms with Gasteiger partial charge in [-0.05, 0) is 46.1 Å². The van der Waals surface area contributed by atoms with Gasteiger partial charge in [-0.25, -0.2) is 0 Å². The van der Waals surface area contributed by atoms with Crippen LogP contribution in [0.15, 0.2) is 28.8 Å². The summed E-state index contributed by atoms with van der Waals surface area (Å²) in [4.78, 5) is 14.4. The molecule has 0 fully saturated rings. The van der Waals surface area contributed by atoms with E-state index in [0.29, 0.717) is 12.2 Å². The highest BCUT2D eigenvalue weighted by Crippen LogP contribution is 2.33. The third-order valence-electron chi connectivity index (χ3n) is 3.61. The number of amides is 1. The molecule has 0 unspecified atom stereocenters. The Morgan fingerprint density at radius 3 is 2.68 bits per heavy atom. The van der Waals surface area contributed by atoms with Crippen LogP contribution in [0.1, 0.15) is 28.0 Å². The van der Waals surface area contributed by atoms with E-state index in [0.717, 1.165) is 25.1 Å². The van der Waals surface area contributed by atoms with Gasteiger partial charge in [-0.3, -0.25) is 4.79 Å². The fourth-order valence-electron chi connectivity index (χ4n) is 2.36. The first kappa shape index (κ1) is 19.0. The molecule has 0 bridgehead atoms. The number of rotatable bonds is 6. The van der Waals surface area contributed by atoms with Crippen molar-refractivity contribution in [3.8, 4) is 11.3 Å². The molecule has 1 aromatic carbocycles. The van der Waals surface area contributed by atoms with Gasteiger partial charge >= 0.3 is 6.18 Å². The third kappa shape index (κ3) is 4.82. The normalized spacial score (nSPS) is 11.8. The van der Waals surface area contributed by atoms with E-state index in [1.807, 2.05) is 19.0 Å². The Hall–Kier alpha value is -2.35. The van der Waals surface area contributed by atoms with Gasteiger partial charge in [-0.15, -0.1) is 0 Å². The quantitative estimate of drug-likeness (QED) is 0.808. The average Bonchev–Trinajstić information content (AvgIpc) is 2.92. The van der Waals surface area contributed by atoms with Crippen LogP contribution in [0, 0.1) is 6.92 Å². The molecule has 1 N–H and O–H groups in total. The summed E-state index contributed by atoms with van der Waals surface area (Å²) in [5.41, 5.74) is -0.160. The van der Waals surface area contributed by atoms with Crippen LogP contribution < -0.4 is 5.32 Å². The standard InChI is InChI=1S/C17H20F3N3O2/c1-11-14(16(24)21-8-5-9-23(2)3)15(25-22-11)12-6-4-7-13(10-12)17(18,19)20/h4,6-7,10H,5,8-9H2,1-3H3,(H,21,24). The van der Waals surface area contributed by atoms with Gasteiger partial charge < -0.3 is 14.7 Å². The summed E-state index contributed by atoms with van der Waals surface area (Å²) in [6.45, 7) is 2.84. The number of carbonyl (C=O) groups is 1. The maximum Gasteiger partial charge on any atom is 0.416 e. The SMILES string of the molecule is Cc1noc(-c2cccc(C(F)(F)F)c2)c1C(=O)NCCCN(C)C. The Labute approximate surface area is 143 Å². The smallest absolute Gasteiger partial charge is 0.355 e. The predicted octanol–water partition coefficient (Wildman–Crippen LogP) is 3.35. The van der Waals surface area contributed by atoms with Crippen LogP contribution in [-0.4, -0.2) is 43.1 Å². The molecule has 2 aromatic rings. The number of aromatic nitrogens is 1. The lowest BCUT2D eigenvalue weighted by atomic mass is 10.0. The molecule has 0 aliphatic rings. The number of hydrogen-bond donors (Lipinski definition) is 1. The van der Waals surface area contributed by atoms with E-state index in [1.165, 1.54) is 12.1 Å². The molecule has 5 nitrogen and oxygen atoms in total. The van der Waals surface area contributed by atoms with Crippen LogP contribution in [-0.2, 0) is 6.18 Å². The molecule has 0 saturated carbocycles. The fourth-order valence-corrected chi connectivity index (χ4v) is 2.36. The lowest BCUT2D eigenvalue weighted by Gasteiger charge is -2.10. The number of benzene rings is 1. The summed E-state index contributed by atoms with van der Waals surface area (Å²) in [6, 6.07) is 4.64. The zero-order valence-corrected chi connectivity index (χ0v) is 14.3. The van der Waals surface area contributed by atoms with Crippen LogP contribution in [0.25, 0.3) is 11.3 Å². The highest BCUT2D eigenvalue weighted by atomic mass is 19.4. The summed E-state index contributed by atoms with van der Waals surface area (Å²) in [6.07, 6.45) is -3.72. The number of alkyl halides is 3. The van der Waals surface area contributed by atoms with Gasteiger partial charge in [0, 0.05) is 12.1 Å². The Morgan fingerprint density at radius 2 is 2.04 bits per heavy atom. The number of aryl methyl sites for hydroxylation is 1. The molecule has 0 aliphatic heterocycles. The highest BCUT2D eigenvalue weighted by molar-refractivity contribution is 6.00. The highest BCUT2D eigenvalue weighted by Gasteiger charge is 2.31. The summed E-state index contributed by atoms with van der Waals surface area (Å²) in [5, 5.41) is 6.49. The second-order valence-corrected chi connectivity index (χ2v) is 5.96. The van der Waals surface area contributed by atoms with Crippen LogP contribution >= 0.6 is 0 Å². The van der Waals surface area contributed by atoms with Crippen molar-refractivity contribution in [2.75, 3.05) is 27.2 Å². The second kappa shape index (κ2) is 7.69. The van der Waals surface area contributed by atoms with Crippen molar-refractivity contribution < 1.29 is 22.5 Å². The first-order valence-corrected chi connectivity index (χ1v) is 7.77. The molecule has 0 aliphatic carbocycles. The lowest BCUT2D eigenvalue weighted by Crippen LogP contribution is -2.27. The molecule has 1 aromatic heterocycles. The van der Waals surface area contributed by atoms with Crippen molar-refractivity contribution in [2.45, 2.75) is 19.5 Å². The van der Waals surface area contributed by atoms with E-state index in [4.69, 9.17) is 4.52 Å². The molecule has 1 amide bonds. The number of nitrogens with one attached hydrogen (secondary N) is 1. The second-order valence-electron chi connectivity index (χ2n) is 5.96. The van der Waals surface area contributed by atoms with Crippen molar-refractivity contribution in [1.29, 1.82) is 0 Å². The molecule has 1 heterocycles. The molecule has 0 radical (unpaired) electrons. The maximum atomic E-state index is 12.9. The van der Waals surface area contributed by atoms with Gasteiger partial charge in [0.2, 0.25) is 0 Å². The summed E-state index contributed by atoms with van der Waals surface area (Å²) >= 11 is 0. The topological polar surface area (TPSA) is 58.4 Å². The predicted molar refractivity (Wildman–Crippen MR) is 87.2 cm³/mol. The van der Waals surface area contributed by atoms with E-state index in [-0.39, 0.29) is 16.9 Å². The third-order valence-corrected chi connectivity index (χ3v) is 3.61. The molecule has 8 heteroatoms. The van der Waals surface area contributed by atoms with E-state index < -0.39 is 17.6 Å². The molecule has 0 atom stereocenters. The van der Waals surface area contributed by atoms with Crippen LogP contribution in [0.2, 0.25) is 0 Å². The van der Waals surface area contributed by atoms with Gasteiger partial charge in [0.25, 0.3) is 5.91 Å². The molecule has 0 spiro atoms. The van der Waals surface area contributed by atoms with Crippen molar-refractivity contribution in [1.82, 2.24) is 15.4 Å². The van der Waals surface area contributed by atoms with Crippen LogP contribution in [0.3, 0.4) is 0 Å². The van der Waals surface area contributed by atoms with Gasteiger partial charge in [-0.2, -0.15) is 13.2 Å². The van der Waals surface area contributed by atoms with E-state index in [9.17, 15) is 18.0 Å². The van der Waals surface area contributed by atoms with Gasteiger partial charge in [-0.1, -0.05) is 17.3 Å². The minimum Gasteiger partial charge on any atom is -0.355 e. The van der Waals surface area contributed by atoms with Crippen LogP contribution in [0.4, 0.5) is 13.2 Å². The number of nitrogens with zero attached hydrogens (tertiary/aromatic N) is 2. The average molecular weight is 355 g/mol. The maximum absolute atomic E-state index is 12.9. The molecule has 136 valence electrons. The van der Waals surface area contributed by atoms with Crippen molar-refractivity contribution in [2.24, 2.45) is 0 Å². The molecule has 2 rings (SSSR count). The Bertz CT molecular complexity index is 739. The number of hydrogen-bond acceptors (Lipinski definition) is 4. The van der Waals surface area contributed by atoms with Gasteiger partial charge in [0.05, 0.1) is 11.3 Å². The summed E-state index contributed by atoms with van der Waals surface area (Å²) in [7, 11) is 3.86. The first-order chi connectivity index (χ1) is 11.7. The van der Waals surface area contributed by atoms with E-state index in [2.05, 4.69) is 10.5 Å². The zero-order chi connectivity index (χ0) is 18.6. The summed E-state index contributed by atoms with van der Waals surface area (Å²) < 4.78 is 43.8. The lowest BCUT2D eigenvalue weighted by molar-refractivity contribution is -0.137. The molecular weight excluding hydrogens is 335 g/mol. The Kier molecular flexibility index (Phi) is 5.84. The van der Waals surface area contributed by atoms with Gasteiger partial charge in [0.1, 0.15) is 5.56 Å². The molecule has 0 saturated heterocycles. The van der Waals surface area contributed by atoms with Crippen molar-refractivity contribution in [3.63, 3.8) is 0 Å². The van der Waals surface area contributed by atoms with Gasteiger partial charge in [0.15, 0.2) is 5.76 Å². The Morgan fingerprint density at radius 1 is 1.32 bits per heavy atom.